The molecule has 0 aliphatic carbocycles. The maximum absolute atomic E-state index is 12.3. The topological polar surface area (TPSA) is 89.5 Å². The summed E-state index contributed by atoms with van der Waals surface area (Å²) in [6.07, 6.45) is 4.72. The molecular formula is C17H26N4O3. The summed E-state index contributed by atoms with van der Waals surface area (Å²) in [5.41, 5.74) is 0.509. The van der Waals surface area contributed by atoms with Crippen molar-refractivity contribution in [2.75, 3.05) is 26.2 Å². The van der Waals surface area contributed by atoms with Crippen LogP contribution in [0.5, 0.6) is 0 Å². The van der Waals surface area contributed by atoms with Gasteiger partial charge in [0, 0.05) is 44.6 Å². The second-order valence-corrected chi connectivity index (χ2v) is 6.82. The average molecular weight is 334 g/mol. The first kappa shape index (κ1) is 17.1. The minimum Gasteiger partial charge on any atom is -0.392 e. The first-order valence-corrected chi connectivity index (χ1v) is 8.86. The fraction of sp³-hybridized carbons (Fsp3) is 0.706. The van der Waals surface area contributed by atoms with Crippen LogP contribution < -0.4 is 5.56 Å². The van der Waals surface area contributed by atoms with Crippen LogP contribution in [0.25, 0.3) is 0 Å². The lowest BCUT2D eigenvalue weighted by Crippen LogP contribution is -2.50. The van der Waals surface area contributed by atoms with Gasteiger partial charge in [0.25, 0.3) is 5.56 Å². The molecule has 2 N–H and O–H groups in total. The number of aromatic amines is 1. The molecule has 1 aromatic heterocycles. The number of rotatable bonds is 4. The van der Waals surface area contributed by atoms with E-state index in [4.69, 9.17) is 0 Å². The molecule has 2 aliphatic rings. The van der Waals surface area contributed by atoms with E-state index in [1.165, 1.54) is 6.07 Å². The largest absolute Gasteiger partial charge is 0.392 e. The standard InChI is InChI=1S/C17H26N4O3/c22-15-2-1-9-21(12-15)14-7-10-20(11-8-14)17(24)6-4-13-3-5-16(23)19-18-13/h3,5,14-15,22H,1-2,4,6-12H2,(H,19,23)/t15-/m1/s1. The fourth-order valence-electron chi connectivity index (χ4n) is 3.70. The zero-order valence-electron chi connectivity index (χ0n) is 14.0. The molecule has 1 amide bonds. The number of nitrogens with one attached hydrogen (secondary N) is 1. The first-order valence-electron chi connectivity index (χ1n) is 8.86. The Morgan fingerprint density at radius 1 is 1.25 bits per heavy atom. The SMILES string of the molecule is O=C(CCc1ccc(=O)[nH]n1)N1CCC(N2CCC[C@@H](O)C2)CC1. The van der Waals surface area contributed by atoms with Crippen molar-refractivity contribution >= 4 is 5.91 Å². The highest BCUT2D eigenvalue weighted by Gasteiger charge is 2.29. The maximum Gasteiger partial charge on any atom is 0.264 e. The fourth-order valence-corrected chi connectivity index (χ4v) is 3.70. The Morgan fingerprint density at radius 3 is 2.71 bits per heavy atom. The lowest BCUT2D eigenvalue weighted by Gasteiger charge is -2.41. The van der Waals surface area contributed by atoms with Crippen molar-refractivity contribution < 1.29 is 9.90 Å². The number of likely N-dealkylation sites (tertiary alicyclic amines) is 2. The van der Waals surface area contributed by atoms with Gasteiger partial charge in [-0.15, -0.1) is 0 Å². The number of nitrogens with zero attached hydrogens (tertiary/aromatic N) is 3. The number of H-pyrrole nitrogens is 1. The van der Waals surface area contributed by atoms with Gasteiger partial charge in [0.2, 0.25) is 5.91 Å². The van der Waals surface area contributed by atoms with Crippen LogP contribution in [-0.4, -0.2) is 69.3 Å². The van der Waals surface area contributed by atoms with Gasteiger partial charge in [0.05, 0.1) is 11.8 Å². The lowest BCUT2D eigenvalue weighted by atomic mass is 9.98. The predicted octanol–water partition coefficient (Wildman–Crippen LogP) is 0.150. The van der Waals surface area contributed by atoms with Gasteiger partial charge in [0.1, 0.15) is 0 Å². The summed E-state index contributed by atoms with van der Waals surface area (Å²) in [4.78, 5) is 27.6. The maximum atomic E-state index is 12.3. The van der Waals surface area contributed by atoms with Crippen molar-refractivity contribution in [1.29, 1.82) is 0 Å². The van der Waals surface area contributed by atoms with Gasteiger partial charge in [-0.3, -0.25) is 14.5 Å². The number of aliphatic hydroxyl groups is 1. The molecule has 0 saturated carbocycles. The third-order valence-corrected chi connectivity index (χ3v) is 5.09. The van der Waals surface area contributed by atoms with E-state index < -0.39 is 0 Å². The number of hydrogen-bond donors (Lipinski definition) is 2. The molecule has 7 heteroatoms. The molecule has 7 nitrogen and oxygen atoms in total. The van der Waals surface area contributed by atoms with E-state index in [1.54, 1.807) is 6.07 Å². The minimum atomic E-state index is -0.227. The number of piperidine rings is 2. The summed E-state index contributed by atoms with van der Waals surface area (Å²) >= 11 is 0. The van der Waals surface area contributed by atoms with E-state index in [2.05, 4.69) is 15.1 Å². The Bertz CT molecular complexity index is 590. The summed E-state index contributed by atoms with van der Waals surface area (Å²) in [7, 11) is 0. The van der Waals surface area contributed by atoms with E-state index in [-0.39, 0.29) is 17.6 Å². The molecule has 0 bridgehead atoms. The normalized spacial score (nSPS) is 23.4. The van der Waals surface area contributed by atoms with Crippen molar-refractivity contribution in [2.24, 2.45) is 0 Å². The van der Waals surface area contributed by atoms with E-state index in [1.807, 2.05) is 4.90 Å². The molecule has 2 saturated heterocycles. The molecule has 132 valence electrons. The van der Waals surface area contributed by atoms with Crippen LogP contribution >= 0.6 is 0 Å². The zero-order valence-corrected chi connectivity index (χ0v) is 14.0. The van der Waals surface area contributed by atoms with Crippen molar-refractivity contribution in [3.63, 3.8) is 0 Å². The molecule has 1 atom stereocenters. The van der Waals surface area contributed by atoms with Crippen LogP contribution in [0, 0.1) is 0 Å². The first-order chi connectivity index (χ1) is 11.6. The second-order valence-electron chi connectivity index (χ2n) is 6.82. The number of aromatic nitrogens is 2. The predicted molar refractivity (Wildman–Crippen MR) is 89.6 cm³/mol. The van der Waals surface area contributed by atoms with Crippen molar-refractivity contribution in [3.05, 3.63) is 28.2 Å². The van der Waals surface area contributed by atoms with Gasteiger partial charge in [-0.05, 0) is 38.3 Å². The second kappa shape index (κ2) is 7.90. The van der Waals surface area contributed by atoms with Gasteiger partial charge >= 0.3 is 0 Å². The van der Waals surface area contributed by atoms with E-state index >= 15 is 0 Å². The molecular weight excluding hydrogens is 308 g/mol. The number of β-amino-alcohol motifs (C(OH)–C–C–N with tert-alkyl or cyclic N) is 1. The quantitative estimate of drug-likeness (QED) is 0.818. The summed E-state index contributed by atoms with van der Waals surface area (Å²) in [6, 6.07) is 3.59. The van der Waals surface area contributed by atoms with Gasteiger partial charge in [-0.2, -0.15) is 5.10 Å². The van der Waals surface area contributed by atoms with Gasteiger partial charge < -0.3 is 10.0 Å². The van der Waals surface area contributed by atoms with Crippen molar-refractivity contribution in [1.82, 2.24) is 20.0 Å². The van der Waals surface area contributed by atoms with Gasteiger partial charge in [0.15, 0.2) is 0 Å². The Labute approximate surface area is 141 Å². The highest BCUT2D eigenvalue weighted by Crippen LogP contribution is 2.21. The van der Waals surface area contributed by atoms with Crippen LogP contribution in [0.15, 0.2) is 16.9 Å². The third kappa shape index (κ3) is 4.42. The van der Waals surface area contributed by atoms with E-state index in [0.29, 0.717) is 18.9 Å². The Balaban J connectivity index is 1.43. The van der Waals surface area contributed by atoms with Crippen LogP contribution in [0.2, 0.25) is 0 Å². The molecule has 2 fully saturated rings. The van der Waals surface area contributed by atoms with Crippen LogP contribution in [-0.2, 0) is 11.2 Å². The van der Waals surface area contributed by atoms with Crippen LogP contribution in [0.1, 0.15) is 37.8 Å². The summed E-state index contributed by atoms with van der Waals surface area (Å²) in [5, 5.41) is 16.1. The van der Waals surface area contributed by atoms with Gasteiger partial charge in [-0.1, -0.05) is 0 Å². The molecule has 3 heterocycles. The molecule has 3 rings (SSSR count). The Morgan fingerprint density at radius 2 is 2.04 bits per heavy atom. The Hall–Kier alpha value is -1.73. The highest BCUT2D eigenvalue weighted by atomic mass is 16.3. The van der Waals surface area contributed by atoms with Crippen LogP contribution in [0.4, 0.5) is 0 Å². The zero-order chi connectivity index (χ0) is 16.9. The van der Waals surface area contributed by atoms with Crippen molar-refractivity contribution in [3.8, 4) is 0 Å². The molecule has 0 radical (unpaired) electrons. The van der Waals surface area contributed by atoms with Gasteiger partial charge in [-0.25, -0.2) is 5.10 Å². The van der Waals surface area contributed by atoms with Crippen molar-refractivity contribution in [2.45, 2.75) is 50.7 Å². The smallest absolute Gasteiger partial charge is 0.264 e. The average Bonchev–Trinajstić information content (AvgIpc) is 2.61. The Kier molecular flexibility index (Phi) is 5.63. The lowest BCUT2D eigenvalue weighted by molar-refractivity contribution is -0.133. The van der Waals surface area contributed by atoms with E-state index in [9.17, 15) is 14.7 Å². The summed E-state index contributed by atoms with van der Waals surface area (Å²) < 4.78 is 0. The number of carbonyl (C=O) groups excluding carboxylic acids is 1. The third-order valence-electron chi connectivity index (χ3n) is 5.09. The molecule has 24 heavy (non-hydrogen) atoms. The molecule has 0 aromatic carbocycles. The monoisotopic (exact) mass is 334 g/mol. The molecule has 2 aliphatic heterocycles. The number of aliphatic hydroxyl groups excluding tert-OH is 1. The van der Waals surface area contributed by atoms with Crippen LogP contribution in [0.3, 0.4) is 0 Å². The summed E-state index contributed by atoms with van der Waals surface area (Å²) in [5.74, 6) is 0.153. The molecule has 0 spiro atoms. The highest BCUT2D eigenvalue weighted by molar-refractivity contribution is 5.76. The number of hydrogen-bond acceptors (Lipinski definition) is 5. The minimum absolute atomic E-state index is 0.153. The van der Waals surface area contributed by atoms with E-state index in [0.717, 1.165) is 57.6 Å². The molecule has 0 unspecified atom stereocenters. The summed E-state index contributed by atoms with van der Waals surface area (Å²) in [6.45, 7) is 3.41. The molecule has 1 aromatic rings. The number of carbonyl (C=O) groups is 1. The number of amides is 1. The number of aryl methyl sites for hydroxylation is 1.